The number of hydrogen-bond acceptors (Lipinski definition) is 4. The van der Waals surface area contributed by atoms with Gasteiger partial charge in [0.05, 0.1) is 6.04 Å². The summed E-state index contributed by atoms with van der Waals surface area (Å²) < 4.78 is 5.32. The van der Waals surface area contributed by atoms with Gasteiger partial charge in [-0.25, -0.2) is 4.98 Å². The van der Waals surface area contributed by atoms with Gasteiger partial charge < -0.3 is 15.1 Å². The van der Waals surface area contributed by atoms with Crippen LogP contribution in [0.2, 0.25) is 0 Å². The fourth-order valence-corrected chi connectivity index (χ4v) is 2.25. The molecule has 1 aromatic heterocycles. The Balaban J connectivity index is 2.03. The number of nitrogens with zero attached hydrogens (tertiary/aromatic N) is 2. The summed E-state index contributed by atoms with van der Waals surface area (Å²) in [4.78, 5) is 18.1. The number of carbonyl (C=O) groups is 1. The molecule has 5 heteroatoms. The van der Waals surface area contributed by atoms with Gasteiger partial charge in [-0.3, -0.25) is 4.79 Å². The van der Waals surface area contributed by atoms with Crippen molar-refractivity contribution in [3.05, 3.63) is 17.8 Å². The number of oxazole rings is 1. The van der Waals surface area contributed by atoms with E-state index in [0.29, 0.717) is 17.5 Å². The van der Waals surface area contributed by atoms with Crippen LogP contribution in [0.25, 0.3) is 0 Å². The van der Waals surface area contributed by atoms with Crippen molar-refractivity contribution in [2.75, 3.05) is 13.1 Å². The lowest BCUT2D eigenvalue weighted by Crippen LogP contribution is -2.28. The van der Waals surface area contributed by atoms with Crippen molar-refractivity contribution in [2.45, 2.75) is 39.2 Å². The maximum atomic E-state index is 12.1. The second kappa shape index (κ2) is 5.52. The maximum absolute atomic E-state index is 12.1. The first-order chi connectivity index (χ1) is 8.58. The lowest BCUT2D eigenvalue weighted by atomic mass is 10.0. The third-order valence-corrected chi connectivity index (χ3v) is 3.18. The van der Waals surface area contributed by atoms with Gasteiger partial charge in [0.2, 0.25) is 5.89 Å². The van der Waals surface area contributed by atoms with E-state index in [1.165, 1.54) is 6.26 Å². The molecule has 5 nitrogen and oxygen atoms in total. The van der Waals surface area contributed by atoms with E-state index < -0.39 is 0 Å². The largest absolute Gasteiger partial charge is 0.446 e. The van der Waals surface area contributed by atoms with Crippen LogP contribution in [0.15, 0.2) is 10.7 Å². The van der Waals surface area contributed by atoms with E-state index in [1.807, 2.05) is 4.90 Å². The molecule has 1 fully saturated rings. The van der Waals surface area contributed by atoms with Gasteiger partial charge in [-0.1, -0.05) is 13.8 Å². The van der Waals surface area contributed by atoms with Crippen molar-refractivity contribution in [1.29, 1.82) is 0 Å². The zero-order valence-corrected chi connectivity index (χ0v) is 11.1. The van der Waals surface area contributed by atoms with Gasteiger partial charge in [-0.15, -0.1) is 0 Å². The van der Waals surface area contributed by atoms with Crippen LogP contribution >= 0.6 is 0 Å². The number of amides is 1. The van der Waals surface area contributed by atoms with Crippen LogP contribution in [0.5, 0.6) is 0 Å². The molecule has 0 aliphatic carbocycles. The van der Waals surface area contributed by atoms with Crippen LogP contribution in [-0.4, -0.2) is 28.9 Å². The molecule has 0 radical (unpaired) electrons. The molecule has 2 heterocycles. The highest BCUT2D eigenvalue weighted by Gasteiger charge is 2.23. The highest BCUT2D eigenvalue weighted by Crippen LogP contribution is 2.19. The molecule has 1 aliphatic rings. The molecular formula is C13H21N3O2. The number of aromatic nitrogens is 1. The fraction of sp³-hybridized carbons (Fsp3) is 0.692. The Bertz CT molecular complexity index is 408. The third kappa shape index (κ3) is 2.90. The zero-order chi connectivity index (χ0) is 13.1. The smallest absolute Gasteiger partial charge is 0.275 e. The van der Waals surface area contributed by atoms with E-state index >= 15 is 0 Å². The van der Waals surface area contributed by atoms with Crippen molar-refractivity contribution >= 4 is 5.91 Å². The lowest BCUT2D eigenvalue weighted by Gasteiger charge is -2.12. The molecule has 1 aliphatic heterocycles. The highest BCUT2D eigenvalue weighted by atomic mass is 16.3. The lowest BCUT2D eigenvalue weighted by molar-refractivity contribution is 0.0787. The second-order valence-electron chi connectivity index (χ2n) is 5.31. The first kappa shape index (κ1) is 13.1. The minimum atomic E-state index is -0.231. The molecule has 100 valence electrons. The minimum Gasteiger partial charge on any atom is -0.446 e. The molecule has 0 aromatic carbocycles. The van der Waals surface area contributed by atoms with Gasteiger partial charge in [0.15, 0.2) is 5.69 Å². The Morgan fingerprint density at radius 1 is 1.50 bits per heavy atom. The number of rotatable bonds is 4. The van der Waals surface area contributed by atoms with E-state index in [-0.39, 0.29) is 11.9 Å². The van der Waals surface area contributed by atoms with Crippen LogP contribution in [0.1, 0.15) is 55.5 Å². The summed E-state index contributed by atoms with van der Waals surface area (Å²) in [5, 5.41) is 0. The molecule has 1 saturated heterocycles. The van der Waals surface area contributed by atoms with Crippen molar-refractivity contribution in [3.63, 3.8) is 0 Å². The van der Waals surface area contributed by atoms with Crippen LogP contribution in [0.4, 0.5) is 0 Å². The highest BCUT2D eigenvalue weighted by molar-refractivity contribution is 5.92. The van der Waals surface area contributed by atoms with Crippen molar-refractivity contribution in [1.82, 2.24) is 9.88 Å². The molecule has 1 atom stereocenters. The van der Waals surface area contributed by atoms with E-state index in [9.17, 15) is 4.79 Å². The summed E-state index contributed by atoms with van der Waals surface area (Å²) in [6.07, 6.45) is 4.38. The molecule has 2 N–H and O–H groups in total. The standard InChI is InChI=1S/C13H21N3O2/c1-9(2)7-10(14)12-15-11(8-18-12)13(17)16-5-3-4-6-16/h8-10H,3-7,14H2,1-2H3. The molecule has 0 bridgehead atoms. The number of nitrogens with two attached hydrogens (primary N) is 1. The van der Waals surface area contributed by atoms with Crippen molar-refractivity contribution in [3.8, 4) is 0 Å². The van der Waals surface area contributed by atoms with Crippen LogP contribution in [0.3, 0.4) is 0 Å². The Morgan fingerprint density at radius 2 is 2.17 bits per heavy atom. The van der Waals surface area contributed by atoms with Gasteiger partial charge in [-0.05, 0) is 25.2 Å². The molecule has 2 rings (SSSR count). The monoisotopic (exact) mass is 251 g/mol. The second-order valence-corrected chi connectivity index (χ2v) is 5.31. The summed E-state index contributed by atoms with van der Waals surface area (Å²) in [6, 6.07) is -0.231. The first-order valence-corrected chi connectivity index (χ1v) is 6.58. The first-order valence-electron chi connectivity index (χ1n) is 6.58. The van der Waals surface area contributed by atoms with Gasteiger partial charge in [0.1, 0.15) is 6.26 Å². The summed E-state index contributed by atoms with van der Waals surface area (Å²) in [7, 11) is 0. The van der Waals surface area contributed by atoms with Gasteiger partial charge in [-0.2, -0.15) is 0 Å². The Hall–Kier alpha value is -1.36. The Morgan fingerprint density at radius 3 is 2.78 bits per heavy atom. The SMILES string of the molecule is CC(C)CC(N)c1nc(C(=O)N2CCCC2)co1. The maximum Gasteiger partial charge on any atom is 0.275 e. The Kier molecular flexibility index (Phi) is 4.01. The predicted octanol–water partition coefficient (Wildman–Crippen LogP) is 1.96. The quantitative estimate of drug-likeness (QED) is 0.887. The number of hydrogen-bond donors (Lipinski definition) is 1. The van der Waals surface area contributed by atoms with Crippen molar-refractivity contribution in [2.24, 2.45) is 11.7 Å². The zero-order valence-electron chi connectivity index (χ0n) is 11.1. The molecule has 1 unspecified atom stereocenters. The Labute approximate surface area is 107 Å². The summed E-state index contributed by atoms with van der Waals surface area (Å²) in [6.45, 7) is 5.83. The molecule has 1 aromatic rings. The average Bonchev–Trinajstić information content (AvgIpc) is 2.99. The molecule has 18 heavy (non-hydrogen) atoms. The fourth-order valence-electron chi connectivity index (χ4n) is 2.25. The molecule has 0 spiro atoms. The normalized spacial score (nSPS) is 17.4. The van der Waals surface area contributed by atoms with E-state index in [4.69, 9.17) is 10.2 Å². The van der Waals surface area contributed by atoms with E-state index in [0.717, 1.165) is 32.4 Å². The van der Waals surface area contributed by atoms with Crippen LogP contribution in [0, 0.1) is 5.92 Å². The van der Waals surface area contributed by atoms with Crippen molar-refractivity contribution < 1.29 is 9.21 Å². The summed E-state index contributed by atoms with van der Waals surface area (Å²) >= 11 is 0. The van der Waals surface area contributed by atoms with Gasteiger partial charge in [0, 0.05) is 13.1 Å². The van der Waals surface area contributed by atoms with Gasteiger partial charge >= 0.3 is 0 Å². The summed E-state index contributed by atoms with van der Waals surface area (Å²) in [5.74, 6) is 0.898. The predicted molar refractivity (Wildman–Crippen MR) is 68.0 cm³/mol. The average molecular weight is 251 g/mol. The van der Waals surface area contributed by atoms with Crippen LogP contribution < -0.4 is 5.73 Å². The number of carbonyl (C=O) groups excluding carboxylic acids is 1. The van der Waals surface area contributed by atoms with E-state index in [1.54, 1.807) is 0 Å². The molecular weight excluding hydrogens is 230 g/mol. The van der Waals surface area contributed by atoms with Gasteiger partial charge in [0.25, 0.3) is 5.91 Å². The van der Waals surface area contributed by atoms with E-state index in [2.05, 4.69) is 18.8 Å². The topological polar surface area (TPSA) is 72.4 Å². The third-order valence-electron chi connectivity index (χ3n) is 3.18. The summed E-state index contributed by atoms with van der Waals surface area (Å²) in [5.41, 5.74) is 6.36. The minimum absolute atomic E-state index is 0.0424. The molecule has 0 saturated carbocycles. The number of likely N-dealkylation sites (tertiary alicyclic amines) is 1. The van der Waals surface area contributed by atoms with Crippen LogP contribution in [-0.2, 0) is 0 Å². The molecule has 1 amide bonds.